The van der Waals surface area contributed by atoms with E-state index in [9.17, 15) is 9.59 Å². The molecule has 1 saturated heterocycles. The molecule has 1 aliphatic heterocycles. The van der Waals surface area contributed by atoms with E-state index in [2.05, 4.69) is 12.2 Å². The number of aryl methyl sites for hydroxylation is 1. The number of furan rings is 1. The zero-order chi connectivity index (χ0) is 19.9. The van der Waals surface area contributed by atoms with Gasteiger partial charge in [-0.3, -0.25) is 9.59 Å². The van der Waals surface area contributed by atoms with Crippen LogP contribution in [0.2, 0.25) is 0 Å². The van der Waals surface area contributed by atoms with E-state index >= 15 is 0 Å². The minimum Gasteiger partial charge on any atom is -0.494 e. The number of rotatable bonds is 7. The molecule has 2 amide bonds. The van der Waals surface area contributed by atoms with Gasteiger partial charge in [0.1, 0.15) is 11.8 Å². The topological polar surface area (TPSA) is 71.8 Å². The van der Waals surface area contributed by atoms with Gasteiger partial charge in [0.25, 0.3) is 5.91 Å². The molecule has 1 atom stereocenters. The van der Waals surface area contributed by atoms with Crippen molar-refractivity contribution >= 4 is 11.8 Å². The Balaban J connectivity index is 1.62. The maximum atomic E-state index is 12.8. The first-order valence-electron chi connectivity index (χ1n) is 9.94. The van der Waals surface area contributed by atoms with Crippen molar-refractivity contribution in [3.8, 4) is 5.75 Å². The molecule has 2 aromatic rings. The van der Waals surface area contributed by atoms with Crippen LogP contribution in [0.4, 0.5) is 0 Å². The molecule has 1 aromatic heterocycles. The Morgan fingerprint density at radius 3 is 2.86 bits per heavy atom. The highest BCUT2D eigenvalue weighted by Crippen LogP contribution is 2.21. The van der Waals surface area contributed by atoms with Crippen molar-refractivity contribution in [2.45, 2.75) is 52.1 Å². The molecule has 2 heterocycles. The number of likely N-dealkylation sites (tertiary alicyclic amines) is 1. The zero-order valence-electron chi connectivity index (χ0n) is 16.6. The van der Waals surface area contributed by atoms with Crippen LogP contribution < -0.4 is 10.1 Å². The number of amides is 2. The van der Waals surface area contributed by atoms with Crippen molar-refractivity contribution in [2.24, 2.45) is 0 Å². The Morgan fingerprint density at radius 1 is 1.29 bits per heavy atom. The van der Waals surface area contributed by atoms with E-state index in [-0.39, 0.29) is 17.6 Å². The Labute approximate surface area is 165 Å². The number of nitrogens with zero attached hydrogens (tertiary/aromatic N) is 1. The van der Waals surface area contributed by atoms with Crippen LogP contribution in [0.5, 0.6) is 5.75 Å². The number of piperidine rings is 1. The minimum atomic E-state index is -0.459. The number of carbonyl (C=O) groups is 2. The van der Waals surface area contributed by atoms with E-state index in [1.807, 2.05) is 25.1 Å². The lowest BCUT2D eigenvalue weighted by Gasteiger charge is -2.34. The highest BCUT2D eigenvalue weighted by molar-refractivity contribution is 5.95. The fourth-order valence-corrected chi connectivity index (χ4v) is 3.47. The second-order valence-corrected chi connectivity index (χ2v) is 7.14. The van der Waals surface area contributed by atoms with Gasteiger partial charge in [-0.1, -0.05) is 13.0 Å². The monoisotopic (exact) mass is 384 g/mol. The van der Waals surface area contributed by atoms with Crippen LogP contribution in [0.1, 0.15) is 54.3 Å². The van der Waals surface area contributed by atoms with Gasteiger partial charge in [-0.25, -0.2) is 0 Å². The first-order chi connectivity index (χ1) is 13.6. The van der Waals surface area contributed by atoms with Gasteiger partial charge in [0.05, 0.1) is 12.9 Å². The molecule has 0 bridgehead atoms. The highest BCUT2D eigenvalue weighted by atomic mass is 16.5. The number of carbonyl (C=O) groups excluding carboxylic acids is 2. The number of ether oxygens (including phenoxy) is 1. The second kappa shape index (κ2) is 9.44. The van der Waals surface area contributed by atoms with E-state index in [0.29, 0.717) is 26.1 Å². The van der Waals surface area contributed by atoms with Gasteiger partial charge in [0, 0.05) is 13.1 Å². The molecule has 1 N–H and O–H groups in total. The number of hydrogen-bond acceptors (Lipinski definition) is 4. The van der Waals surface area contributed by atoms with Crippen molar-refractivity contribution in [1.29, 1.82) is 0 Å². The summed E-state index contributed by atoms with van der Waals surface area (Å²) in [5.41, 5.74) is 2.11. The normalized spacial score (nSPS) is 16.6. The van der Waals surface area contributed by atoms with Gasteiger partial charge in [-0.15, -0.1) is 0 Å². The number of hydrogen-bond donors (Lipinski definition) is 1. The van der Waals surface area contributed by atoms with Crippen LogP contribution in [-0.2, 0) is 11.3 Å². The molecule has 150 valence electrons. The molecule has 6 nitrogen and oxygen atoms in total. The Kier molecular flexibility index (Phi) is 6.74. The molecule has 0 aliphatic carbocycles. The summed E-state index contributed by atoms with van der Waals surface area (Å²) in [6.45, 7) is 5.77. The van der Waals surface area contributed by atoms with Crippen LogP contribution in [0.3, 0.4) is 0 Å². The van der Waals surface area contributed by atoms with Crippen LogP contribution >= 0.6 is 0 Å². The first kappa shape index (κ1) is 20.0. The average molecular weight is 384 g/mol. The fraction of sp³-hybridized carbons (Fsp3) is 0.455. The summed E-state index contributed by atoms with van der Waals surface area (Å²) < 4.78 is 10.9. The standard InChI is InChI=1S/C22H28N2O4/c1-3-12-27-18-10-9-17(16(2)14-18)15-23-21(25)19-7-4-5-11-24(19)22(26)20-8-6-13-28-20/h6,8-10,13-14,19H,3-5,7,11-12,15H2,1-2H3,(H,23,25)/t19-/m1/s1. The summed E-state index contributed by atoms with van der Waals surface area (Å²) in [5, 5.41) is 3.00. The summed E-state index contributed by atoms with van der Waals surface area (Å²) in [6.07, 6.45) is 4.94. The molecule has 0 saturated carbocycles. The summed E-state index contributed by atoms with van der Waals surface area (Å²) in [4.78, 5) is 27.1. The zero-order valence-corrected chi connectivity index (χ0v) is 16.6. The third-order valence-electron chi connectivity index (χ3n) is 5.04. The first-order valence-corrected chi connectivity index (χ1v) is 9.94. The third-order valence-corrected chi connectivity index (χ3v) is 5.04. The maximum absolute atomic E-state index is 12.8. The van der Waals surface area contributed by atoms with Crippen LogP contribution in [-0.4, -0.2) is 35.9 Å². The third kappa shape index (κ3) is 4.74. The lowest BCUT2D eigenvalue weighted by atomic mass is 10.0. The summed E-state index contributed by atoms with van der Waals surface area (Å²) in [7, 11) is 0. The Hall–Kier alpha value is -2.76. The summed E-state index contributed by atoms with van der Waals surface area (Å²) in [6, 6.07) is 8.76. The van der Waals surface area contributed by atoms with Gasteiger partial charge >= 0.3 is 0 Å². The van der Waals surface area contributed by atoms with Crippen LogP contribution in [0.15, 0.2) is 41.0 Å². The Morgan fingerprint density at radius 2 is 2.14 bits per heavy atom. The van der Waals surface area contributed by atoms with E-state index < -0.39 is 6.04 Å². The molecule has 3 rings (SSSR count). The fourth-order valence-electron chi connectivity index (χ4n) is 3.47. The SMILES string of the molecule is CCCOc1ccc(CNC(=O)[C@H]2CCCCN2C(=O)c2ccco2)c(C)c1. The predicted molar refractivity (Wildman–Crippen MR) is 106 cm³/mol. The molecule has 1 aliphatic rings. The van der Waals surface area contributed by atoms with Gasteiger partial charge in [-0.05, 0) is 68.0 Å². The molecule has 1 aromatic carbocycles. The van der Waals surface area contributed by atoms with Gasteiger partial charge in [-0.2, -0.15) is 0 Å². The maximum Gasteiger partial charge on any atom is 0.290 e. The molecule has 6 heteroatoms. The lowest BCUT2D eigenvalue weighted by molar-refractivity contribution is -0.126. The van der Waals surface area contributed by atoms with Crippen molar-refractivity contribution in [3.05, 3.63) is 53.5 Å². The van der Waals surface area contributed by atoms with Crippen LogP contribution in [0.25, 0.3) is 0 Å². The highest BCUT2D eigenvalue weighted by Gasteiger charge is 2.33. The summed E-state index contributed by atoms with van der Waals surface area (Å²) >= 11 is 0. The van der Waals surface area contributed by atoms with E-state index in [4.69, 9.17) is 9.15 Å². The molecular weight excluding hydrogens is 356 g/mol. The van der Waals surface area contributed by atoms with E-state index in [0.717, 1.165) is 36.1 Å². The second-order valence-electron chi connectivity index (χ2n) is 7.14. The molecule has 0 unspecified atom stereocenters. The van der Waals surface area contributed by atoms with Gasteiger partial charge in [0.15, 0.2) is 5.76 Å². The molecular formula is C22H28N2O4. The Bertz CT molecular complexity index is 801. The van der Waals surface area contributed by atoms with Crippen molar-refractivity contribution < 1.29 is 18.7 Å². The lowest BCUT2D eigenvalue weighted by Crippen LogP contribution is -2.51. The largest absolute Gasteiger partial charge is 0.494 e. The van der Waals surface area contributed by atoms with Crippen molar-refractivity contribution in [1.82, 2.24) is 10.2 Å². The molecule has 28 heavy (non-hydrogen) atoms. The predicted octanol–water partition coefficient (Wildman–Crippen LogP) is 3.69. The van der Waals surface area contributed by atoms with Crippen molar-refractivity contribution in [3.63, 3.8) is 0 Å². The van der Waals surface area contributed by atoms with E-state index in [1.165, 1.54) is 6.26 Å². The molecule has 0 radical (unpaired) electrons. The average Bonchev–Trinajstić information content (AvgIpc) is 3.25. The minimum absolute atomic E-state index is 0.120. The van der Waals surface area contributed by atoms with Gasteiger partial charge < -0.3 is 19.4 Å². The van der Waals surface area contributed by atoms with Gasteiger partial charge in [0.2, 0.25) is 5.91 Å². The van der Waals surface area contributed by atoms with Crippen LogP contribution in [0, 0.1) is 6.92 Å². The summed E-state index contributed by atoms with van der Waals surface area (Å²) in [5.74, 6) is 0.777. The smallest absolute Gasteiger partial charge is 0.290 e. The molecule has 1 fully saturated rings. The number of benzene rings is 1. The van der Waals surface area contributed by atoms with E-state index in [1.54, 1.807) is 17.0 Å². The quantitative estimate of drug-likeness (QED) is 0.790. The molecule has 0 spiro atoms. The number of nitrogens with one attached hydrogen (secondary N) is 1. The van der Waals surface area contributed by atoms with Crippen molar-refractivity contribution in [2.75, 3.05) is 13.2 Å².